The van der Waals surface area contributed by atoms with Gasteiger partial charge >= 0.3 is 12.1 Å². The fourth-order valence-electron chi connectivity index (χ4n) is 5.01. The van der Waals surface area contributed by atoms with E-state index in [-0.39, 0.29) is 35.8 Å². The number of tetrazole rings is 1. The van der Waals surface area contributed by atoms with Crippen LogP contribution in [0.25, 0.3) is 0 Å². The highest BCUT2D eigenvalue weighted by molar-refractivity contribution is 8.01. The van der Waals surface area contributed by atoms with E-state index in [0.29, 0.717) is 33.9 Å². The summed E-state index contributed by atoms with van der Waals surface area (Å²) in [5, 5.41) is 16.7. The highest BCUT2D eigenvalue weighted by Crippen LogP contribution is 2.42. The van der Waals surface area contributed by atoms with Gasteiger partial charge in [-0.3, -0.25) is 14.5 Å². The van der Waals surface area contributed by atoms with Crippen molar-refractivity contribution in [1.82, 2.24) is 40.3 Å². The van der Waals surface area contributed by atoms with Crippen molar-refractivity contribution in [3.05, 3.63) is 22.3 Å². The second-order valence-corrected chi connectivity index (χ2v) is 14.9. The van der Waals surface area contributed by atoms with Crippen molar-refractivity contribution in [2.24, 2.45) is 11.8 Å². The average Bonchev–Trinajstić information content (AvgIpc) is 3.63. The average molecular weight is 712 g/mol. The molecule has 0 aliphatic carbocycles. The number of thiazole rings is 1. The van der Waals surface area contributed by atoms with Gasteiger partial charge in [-0.05, 0) is 41.9 Å². The Morgan fingerprint density at radius 1 is 1.15 bits per heavy atom. The van der Waals surface area contributed by atoms with Crippen LogP contribution in [0.5, 0.6) is 0 Å². The zero-order chi connectivity index (χ0) is 34.4. The van der Waals surface area contributed by atoms with E-state index in [9.17, 15) is 19.2 Å². The van der Waals surface area contributed by atoms with Crippen LogP contribution in [0.1, 0.15) is 40.3 Å². The number of nitrogens with zero attached hydrogens (tertiary/aromatic N) is 7. The van der Waals surface area contributed by atoms with Crippen molar-refractivity contribution < 1.29 is 33.4 Å². The number of anilines is 1. The largest absolute Gasteiger partial charge is 0.511 e. The van der Waals surface area contributed by atoms with Crippen LogP contribution in [0.15, 0.2) is 21.8 Å². The molecule has 0 saturated carbocycles. The number of ether oxygens (including phenoxy) is 3. The van der Waals surface area contributed by atoms with E-state index >= 15 is 0 Å². The summed E-state index contributed by atoms with van der Waals surface area (Å²) in [6.45, 7) is 10.4. The van der Waals surface area contributed by atoms with E-state index in [1.807, 2.05) is 46.7 Å². The molecule has 2 amide bonds. The molecule has 16 nitrogen and oxygen atoms in total. The van der Waals surface area contributed by atoms with Crippen molar-refractivity contribution in [2.75, 3.05) is 37.9 Å². The molecule has 1 unspecified atom stereocenters. The lowest BCUT2D eigenvalue weighted by Crippen LogP contribution is -2.70. The van der Waals surface area contributed by atoms with E-state index in [0.717, 1.165) is 6.54 Å². The molecule has 2 aromatic rings. The molecule has 3 atom stereocenters. The first kappa shape index (κ1) is 36.4. The number of nitrogen functional groups attached to an aromatic ring is 1. The quantitative estimate of drug-likeness (QED) is 0.118. The normalized spacial score (nSPS) is 18.4. The maximum absolute atomic E-state index is 13.7. The van der Waals surface area contributed by atoms with Crippen molar-refractivity contribution >= 4 is 63.9 Å². The predicted molar refractivity (Wildman–Crippen MR) is 176 cm³/mol. The van der Waals surface area contributed by atoms with Gasteiger partial charge in [0.2, 0.25) is 17.4 Å². The number of carbonyl (C=O) groups excluding carboxylic acids is 4. The van der Waals surface area contributed by atoms with Gasteiger partial charge < -0.3 is 30.2 Å². The number of hydrogen-bond donors (Lipinski definition) is 2. The Bertz CT molecular complexity index is 1470. The summed E-state index contributed by atoms with van der Waals surface area (Å²) >= 11 is 3.95. The molecule has 258 valence electrons. The number of carbonyl (C=O) groups is 4. The Morgan fingerprint density at radius 3 is 2.51 bits per heavy atom. The number of hydrogen-bond acceptors (Lipinski definition) is 16. The molecule has 1 saturated heterocycles. The topological polar surface area (TPSA) is 197 Å². The highest BCUT2D eigenvalue weighted by Gasteiger charge is 2.54. The van der Waals surface area contributed by atoms with Crippen LogP contribution in [-0.2, 0) is 41.6 Å². The third-order valence-electron chi connectivity index (χ3n) is 7.18. The van der Waals surface area contributed by atoms with Crippen LogP contribution >= 0.6 is 34.9 Å². The lowest BCUT2D eigenvalue weighted by molar-refractivity contribution is -0.170. The van der Waals surface area contributed by atoms with Crippen molar-refractivity contribution in [3.8, 4) is 0 Å². The van der Waals surface area contributed by atoms with Crippen LogP contribution in [0, 0.1) is 11.8 Å². The van der Waals surface area contributed by atoms with Gasteiger partial charge in [-0.2, -0.15) is 0 Å². The molecule has 19 heteroatoms. The van der Waals surface area contributed by atoms with Crippen LogP contribution in [0.3, 0.4) is 0 Å². The molecule has 4 heterocycles. The summed E-state index contributed by atoms with van der Waals surface area (Å²) in [4.78, 5) is 59.8. The number of thioether (sulfide) groups is 2. The lowest BCUT2D eigenvalue weighted by atomic mass is 9.96. The molecule has 2 aliphatic heterocycles. The van der Waals surface area contributed by atoms with Gasteiger partial charge in [0.05, 0.1) is 18.7 Å². The maximum atomic E-state index is 13.7. The molecular formula is C28H41N9O7S3. The van der Waals surface area contributed by atoms with Crippen molar-refractivity contribution in [1.29, 1.82) is 0 Å². The minimum absolute atomic E-state index is 0.0300. The smallest absolute Gasteiger partial charge is 0.430 e. The number of nitrogens with one attached hydrogen (secondary N) is 1. The number of β-lactam (4-membered cyclic amide) rings is 1. The van der Waals surface area contributed by atoms with E-state index in [1.54, 1.807) is 10.1 Å². The molecule has 2 aromatic heterocycles. The van der Waals surface area contributed by atoms with Gasteiger partial charge in [0.15, 0.2) is 5.13 Å². The number of amides is 2. The number of fused-ring (bicyclic) bond motifs is 1. The van der Waals surface area contributed by atoms with Crippen molar-refractivity contribution in [2.45, 2.75) is 76.6 Å². The van der Waals surface area contributed by atoms with Crippen LogP contribution in [-0.4, -0.2) is 115 Å². The SMILES string of the molecule is CC(OC(=O)OC(C(C)C)C(C)C)OC(=O)C1=C(CSc2nnnn2CCN(C)C)CS[C@H]2[C@H](NC(=O)Cc3csc(N)n3)C(=O)N12. The fraction of sp³-hybridized carbons (Fsp3) is 0.643. The van der Waals surface area contributed by atoms with Gasteiger partial charge in [0.25, 0.3) is 5.91 Å². The third-order valence-corrected chi connectivity index (χ3v) is 10.3. The first-order valence-electron chi connectivity index (χ1n) is 15.0. The standard InChI is InChI=1S/C28H41N9O7S3/c1-14(2)22(15(3)4)44-28(41)43-16(5)42-25(40)21-17(12-47-27-32-33-34-36(27)9-8-35(6)7)11-45-24-20(23(39)37(21)24)31-19(38)10-18-13-46-26(29)30-18/h13-16,20,22,24H,8-12H2,1-7H3,(H2,29,30)(H,31,38)/t16?,20-,24+/m1/s1. The Hall–Kier alpha value is -3.42. The predicted octanol–water partition coefficient (Wildman–Crippen LogP) is 1.99. The van der Waals surface area contributed by atoms with E-state index < -0.39 is 41.6 Å². The maximum Gasteiger partial charge on any atom is 0.511 e. The molecular weight excluding hydrogens is 671 g/mol. The second-order valence-electron chi connectivity index (χ2n) is 11.9. The molecule has 0 bridgehead atoms. The summed E-state index contributed by atoms with van der Waals surface area (Å²) in [7, 11) is 3.89. The molecule has 4 rings (SSSR count). The zero-order valence-electron chi connectivity index (χ0n) is 27.4. The lowest BCUT2D eigenvalue weighted by Gasteiger charge is -2.49. The molecule has 0 aromatic carbocycles. The van der Waals surface area contributed by atoms with Crippen LogP contribution in [0.2, 0.25) is 0 Å². The summed E-state index contributed by atoms with van der Waals surface area (Å²) < 4.78 is 17.9. The first-order valence-corrected chi connectivity index (χ1v) is 17.9. The van der Waals surface area contributed by atoms with E-state index in [1.165, 1.54) is 46.7 Å². The zero-order valence-corrected chi connectivity index (χ0v) is 29.8. The summed E-state index contributed by atoms with van der Waals surface area (Å²) in [5.41, 5.74) is 6.81. The molecule has 1 fully saturated rings. The van der Waals surface area contributed by atoms with Crippen molar-refractivity contribution in [3.63, 3.8) is 0 Å². The van der Waals surface area contributed by atoms with Gasteiger partial charge in [-0.1, -0.05) is 39.5 Å². The summed E-state index contributed by atoms with van der Waals surface area (Å²) in [5.74, 6) is -0.966. The molecule has 0 radical (unpaired) electrons. The van der Waals surface area contributed by atoms with Gasteiger partial charge in [0.1, 0.15) is 23.2 Å². The fourth-order valence-corrected chi connectivity index (χ4v) is 7.96. The Morgan fingerprint density at radius 2 is 1.87 bits per heavy atom. The number of likely N-dealkylation sites (N-methyl/N-ethyl adjacent to an activating group) is 1. The third kappa shape index (κ3) is 9.35. The van der Waals surface area contributed by atoms with Crippen LogP contribution < -0.4 is 11.1 Å². The minimum atomic E-state index is -1.31. The monoisotopic (exact) mass is 711 g/mol. The van der Waals surface area contributed by atoms with Crippen LogP contribution in [0.4, 0.5) is 9.93 Å². The minimum Gasteiger partial charge on any atom is -0.430 e. The molecule has 2 aliphatic rings. The molecule has 3 N–H and O–H groups in total. The van der Waals surface area contributed by atoms with E-state index in [2.05, 4.69) is 25.8 Å². The first-order chi connectivity index (χ1) is 22.2. The van der Waals surface area contributed by atoms with E-state index in [4.69, 9.17) is 19.9 Å². The molecule has 0 spiro atoms. The number of aromatic nitrogens is 5. The Kier molecular flexibility index (Phi) is 12.5. The van der Waals surface area contributed by atoms with Gasteiger partial charge in [0, 0.05) is 30.4 Å². The Labute approximate surface area is 285 Å². The summed E-state index contributed by atoms with van der Waals surface area (Å²) in [6, 6.07) is -0.855. The second kappa shape index (κ2) is 16.1. The highest BCUT2D eigenvalue weighted by atomic mass is 32.2. The Balaban J connectivity index is 1.49. The van der Waals surface area contributed by atoms with Gasteiger partial charge in [-0.25, -0.2) is 19.3 Å². The summed E-state index contributed by atoms with van der Waals surface area (Å²) in [6.07, 6.45) is -2.70. The number of rotatable bonds is 15. The van der Waals surface area contributed by atoms with Gasteiger partial charge in [-0.15, -0.1) is 28.2 Å². The number of esters is 1. The number of nitrogens with two attached hydrogens (primary N) is 1. The molecule has 47 heavy (non-hydrogen) atoms.